The molecule has 1 nitrogen and oxygen atoms in total. The Morgan fingerprint density at radius 3 is 2.53 bits per heavy atom. The topological polar surface area (TPSA) is 9.23 Å². The highest BCUT2D eigenvalue weighted by Gasteiger charge is 1.97. The first-order valence-corrected chi connectivity index (χ1v) is 6.69. The van der Waals surface area contributed by atoms with E-state index in [2.05, 4.69) is 44.2 Å². The van der Waals surface area contributed by atoms with Crippen LogP contribution in [0.15, 0.2) is 30.3 Å². The van der Waals surface area contributed by atoms with Crippen molar-refractivity contribution >= 4 is 9.76 Å². The van der Waals surface area contributed by atoms with Gasteiger partial charge in [-0.15, -0.1) is 0 Å². The summed E-state index contributed by atoms with van der Waals surface area (Å²) in [5.41, 5.74) is 2.11. The largest absolute Gasteiger partial charge is 0.417 e. The number of benzene rings is 1. The monoisotopic (exact) mass is 220 g/mol. The van der Waals surface area contributed by atoms with Crippen LogP contribution in [-0.2, 0) is 10.8 Å². The maximum absolute atomic E-state index is 5.56. The number of hydrogen-bond donors (Lipinski definition) is 0. The molecule has 0 unspecified atom stereocenters. The average Bonchev–Trinajstić information content (AvgIpc) is 2.24. The highest BCUT2D eigenvalue weighted by atomic mass is 28.2. The van der Waals surface area contributed by atoms with Crippen LogP contribution in [0.25, 0.3) is 0 Å². The Kier molecular flexibility index (Phi) is 6.36. The lowest BCUT2D eigenvalue weighted by Gasteiger charge is -2.05. The fraction of sp³-hybridized carbons (Fsp3) is 0.538. The van der Waals surface area contributed by atoms with E-state index in [9.17, 15) is 0 Å². The summed E-state index contributed by atoms with van der Waals surface area (Å²) in [4.78, 5) is 0. The molecular formula is C13H20OSi. The van der Waals surface area contributed by atoms with Gasteiger partial charge >= 0.3 is 0 Å². The maximum Gasteiger partial charge on any atom is 0.232 e. The van der Waals surface area contributed by atoms with E-state index in [1.807, 2.05) is 0 Å². The van der Waals surface area contributed by atoms with Crippen molar-refractivity contribution < 1.29 is 4.43 Å². The summed E-state index contributed by atoms with van der Waals surface area (Å²) < 4.78 is 5.56. The van der Waals surface area contributed by atoms with Crippen LogP contribution in [0.1, 0.15) is 32.3 Å². The third kappa shape index (κ3) is 6.47. The Labute approximate surface area is 95.8 Å². The van der Waals surface area contributed by atoms with Crippen LogP contribution in [0.5, 0.6) is 0 Å². The van der Waals surface area contributed by atoms with Crippen molar-refractivity contribution in [1.82, 2.24) is 0 Å². The molecular weight excluding hydrogens is 200 g/mol. The van der Waals surface area contributed by atoms with E-state index in [-0.39, 0.29) is 0 Å². The molecule has 1 aromatic carbocycles. The Hall–Kier alpha value is -0.603. The third-order valence-corrected chi connectivity index (χ3v) is 2.97. The highest BCUT2D eigenvalue weighted by molar-refractivity contribution is 6.29. The summed E-state index contributed by atoms with van der Waals surface area (Å²) >= 11 is 0. The molecule has 0 aromatic heterocycles. The van der Waals surface area contributed by atoms with Crippen LogP contribution < -0.4 is 0 Å². The molecule has 1 rings (SSSR count). The fourth-order valence-electron chi connectivity index (χ4n) is 1.37. The lowest BCUT2D eigenvalue weighted by atomic mass is 10.1. The zero-order valence-electron chi connectivity index (χ0n) is 9.70. The van der Waals surface area contributed by atoms with Gasteiger partial charge in [-0.25, -0.2) is 0 Å². The molecule has 0 aliphatic rings. The predicted molar refractivity (Wildman–Crippen MR) is 66.2 cm³/mol. The quantitative estimate of drug-likeness (QED) is 0.505. The van der Waals surface area contributed by atoms with Gasteiger partial charge in [-0.05, 0) is 30.4 Å². The van der Waals surface area contributed by atoms with Crippen molar-refractivity contribution in [2.24, 2.45) is 0 Å². The SMILES string of the molecule is CC(C)[Si]OCCCCc1ccccc1. The number of rotatable bonds is 7. The molecule has 1 aromatic rings. The van der Waals surface area contributed by atoms with Crippen LogP contribution in [0.4, 0.5) is 0 Å². The van der Waals surface area contributed by atoms with Crippen LogP contribution >= 0.6 is 0 Å². The van der Waals surface area contributed by atoms with E-state index in [1.165, 1.54) is 24.8 Å². The van der Waals surface area contributed by atoms with Crippen LogP contribution in [0.2, 0.25) is 5.54 Å². The molecule has 0 aliphatic carbocycles. The molecule has 0 spiro atoms. The third-order valence-electron chi connectivity index (χ3n) is 2.12. The molecule has 0 bridgehead atoms. The van der Waals surface area contributed by atoms with Crippen molar-refractivity contribution in [2.75, 3.05) is 6.61 Å². The van der Waals surface area contributed by atoms with Crippen molar-refractivity contribution in [3.8, 4) is 0 Å². The Morgan fingerprint density at radius 1 is 1.13 bits per heavy atom. The lowest BCUT2D eigenvalue weighted by molar-refractivity contribution is 0.319. The molecule has 2 heteroatoms. The van der Waals surface area contributed by atoms with Gasteiger partial charge in [0, 0.05) is 6.61 Å². The second kappa shape index (κ2) is 7.66. The molecule has 2 radical (unpaired) electrons. The summed E-state index contributed by atoms with van der Waals surface area (Å²) in [6, 6.07) is 10.7. The van der Waals surface area contributed by atoms with Gasteiger partial charge in [-0.1, -0.05) is 44.2 Å². The molecule has 0 heterocycles. The normalized spacial score (nSPS) is 10.9. The van der Waals surface area contributed by atoms with Crippen molar-refractivity contribution in [3.05, 3.63) is 35.9 Å². The minimum Gasteiger partial charge on any atom is -0.417 e. The number of unbranched alkanes of at least 4 members (excludes halogenated alkanes) is 1. The smallest absolute Gasteiger partial charge is 0.232 e. The second-order valence-corrected chi connectivity index (χ2v) is 5.74. The standard InChI is InChI=1S/C13H20OSi/c1-12(2)15-14-11-7-6-10-13-8-4-3-5-9-13/h3-5,8-9,12H,6-7,10-11H2,1-2H3. The van der Waals surface area contributed by atoms with Gasteiger partial charge in [0.1, 0.15) is 0 Å². The fourth-order valence-corrected chi connectivity index (χ4v) is 1.97. The van der Waals surface area contributed by atoms with Gasteiger partial charge in [-0.3, -0.25) is 0 Å². The molecule has 0 amide bonds. The van der Waals surface area contributed by atoms with Crippen molar-refractivity contribution in [1.29, 1.82) is 0 Å². The summed E-state index contributed by atoms with van der Waals surface area (Å²) in [7, 11) is 0.666. The lowest BCUT2D eigenvalue weighted by Crippen LogP contribution is -2.04. The van der Waals surface area contributed by atoms with Gasteiger partial charge in [0.05, 0.1) is 0 Å². The first-order chi connectivity index (χ1) is 7.29. The van der Waals surface area contributed by atoms with E-state index >= 15 is 0 Å². The number of aryl methyl sites for hydroxylation is 1. The zero-order valence-corrected chi connectivity index (χ0v) is 10.7. The van der Waals surface area contributed by atoms with Crippen molar-refractivity contribution in [3.63, 3.8) is 0 Å². The molecule has 0 saturated carbocycles. The van der Waals surface area contributed by atoms with E-state index < -0.39 is 0 Å². The zero-order chi connectivity index (χ0) is 10.9. The summed E-state index contributed by atoms with van der Waals surface area (Å²) in [6.07, 6.45) is 3.58. The Balaban J connectivity index is 1.98. The van der Waals surface area contributed by atoms with Crippen LogP contribution in [0.3, 0.4) is 0 Å². The molecule has 0 atom stereocenters. The molecule has 15 heavy (non-hydrogen) atoms. The molecule has 0 fully saturated rings. The average molecular weight is 220 g/mol. The highest BCUT2D eigenvalue weighted by Crippen LogP contribution is 2.05. The predicted octanol–water partition coefficient (Wildman–Crippen LogP) is 3.47. The molecule has 0 aliphatic heterocycles. The Morgan fingerprint density at radius 2 is 1.87 bits per heavy atom. The minimum absolute atomic E-state index is 0.666. The number of hydrogen-bond acceptors (Lipinski definition) is 1. The van der Waals surface area contributed by atoms with E-state index in [0.717, 1.165) is 6.61 Å². The second-order valence-electron chi connectivity index (χ2n) is 4.06. The van der Waals surface area contributed by atoms with Gasteiger partial charge in [0.2, 0.25) is 9.76 Å². The molecule has 0 saturated heterocycles. The Bertz CT molecular complexity index is 246. The summed E-state index contributed by atoms with van der Waals surface area (Å²) in [5.74, 6) is 0. The van der Waals surface area contributed by atoms with Crippen LogP contribution in [-0.4, -0.2) is 16.4 Å². The first-order valence-electron chi connectivity index (χ1n) is 5.70. The molecule has 0 N–H and O–H groups in total. The summed E-state index contributed by atoms with van der Waals surface area (Å²) in [6.45, 7) is 5.31. The van der Waals surface area contributed by atoms with Crippen LogP contribution in [0, 0.1) is 0 Å². The minimum atomic E-state index is 0.666. The van der Waals surface area contributed by atoms with E-state index in [1.54, 1.807) is 0 Å². The van der Waals surface area contributed by atoms with E-state index in [4.69, 9.17) is 4.43 Å². The van der Waals surface area contributed by atoms with Gasteiger partial charge < -0.3 is 4.43 Å². The van der Waals surface area contributed by atoms with Gasteiger partial charge in [0.25, 0.3) is 0 Å². The maximum atomic E-state index is 5.56. The summed E-state index contributed by atoms with van der Waals surface area (Å²) in [5, 5.41) is 0. The first kappa shape index (κ1) is 12.5. The van der Waals surface area contributed by atoms with Crippen molar-refractivity contribution in [2.45, 2.75) is 38.7 Å². The molecule has 82 valence electrons. The van der Waals surface area contributed by atoms with Gasteiger partial charge in [0.15, 0.2) is 0 Å². The van der Waals surface area contributed by atoms with E-state index in [0.29, 0.717) is 15.3 Å². The van der Waals surface area contributed by atoms with Gasteiger partial charge in [-0.2, -0.15) is 0 Å².